The van der Waals surface area contributed by atoms with Crippen molar-refractivity contribution in [2.45, 2.75) is 19.8 Å². The molecule has 0 aliphatic heterocycles. The van der Waals surface area contributed by atoms with Gasteiger partial charge in [0, 0.05) is 18.9 Å². The number of nitrogens with zero attached hydrogens (tertiary/aromatic N) is 1. The smallest absolute Gasteiger partial charge is 0.332 e. The van der Waals surface area contributed by atoms with Gasteiger partial charge in [-0.1, -0.05) is 13.3 Å². The monoisotopic (exact) mass is 213 g/mol. The Labute approximate surface area is 88.8 Å². The van der Waals surface area contributed by atoms with Crippen molar-refractivity contribution in [3.05, 3.63) is 12.3 Å². The van der Waals surface area contributed by atoms with E-state index in [1.165, 1.54) is 6.08 Å². The number of rotatable bonds is 8. The van der Waals surface area contributed by atoms with Crippen molar-refractivity contribution >= 4 is 12.0 Å². The average Bonchev–Trinajstić information content (AvgIpc) is 2.23. The molecule has 0 spiro atoms. The number of carbonyl (C=O) groups excluding carboxylic acids is 2. The maximum absolute atomic E-state index is 10.9. The molecule has 0 atom stereocenters. The fourth-order valence-electron chi connectivity index (χ4n) is 0.726. The van der Waals surface area contributed by atoms with E-state index in [0.717, 1.165) is 25.1 Å². The van der Waals surface area contributed by atoms with Gasteiger partial charge in [0.25, 0.3) is 0 Å². The van der Waals surface area contributed by atoms with Gasteiger partial charge in [-0.05, 0) is 6.42 Å². The number of isocyanates is 1. The zero-order valence-electron chi connectivity index (χ0n) is 8.77. The van der Waals surface area contributed by atoms with Crippen molar-refractivity contribution in [2.24, 2.45) is 4.99 Å². The molecule has 5 heteroatoms. The van der Waals surface area contributed by atoms with Gasteiger partial charge in [0.15, 0.2) is 0 Å². The zero-order valence-corrected chi connectivity index (χ0v) is 8.77. The molecule has 0 heterocycles. The Kier molecular flexibility index (Phi) is 9.60. The van der Waals surface area contributed by atoms with Crippen molar-refractivity contribution < 1.29 is 19.1 Å². The van der Waals surface area contributed by atoms with Crippen molar-refractivity contribution in [2.75, 3.05) is 19.8 Å². The second-order valence-corrected chi connectivity index (χ2v) is 2.67. The molecule has 0 rings (SSSR count). The van der Waals surface area contributed by atoms with Crippen LogP contribution in [0.15, 0.2) is 17.3 Å². The minimum Gasteiger partial charge on any atom is -0.460 e. The highest BCUT2D eigenvalue weighted by Crippen LogP contribution is 1.88. The molecule has 0 N–H and O–H groups in total. The van der Waals surface area contributed by atoms with E-state index in [4.69, 9.17) is 9.47 Å². The lowest BCUT2D eigenvalue weighted by atomic mass is 10.4. The first kappa shape index (κ1) is 13.5. The van der Waals surface area contributed by atoms with Crippen molar-refractivity contribution in [3.63, 3.8) is 0 Å². The summed E-state index contributed by atoms with van der Waals surface area (Å²) in [4.78, 5) is 23.5. The molecule has 0 saturated carbocycles. The molecule has 0 unspecified atom stereocenters. The fraction of sp³-hybridized carbons (Fsp3) is 0.600. The molecule has 0 radical (unpaired) electrons. The summed E-state index contributed by atoms with van der Waals surface area (Å²) in [6.45, 7) is 3.34. The number of aliphatic imine (C=N–C) groups is 1. The maximum Gasteiger partial charge on any atom is 0.332 e. The lowest BCUT2D eigenvalue weighted by Gasteiger charge is -2.02. The fourth-order valence-corrected chi connectivity index (χ4v) is 0.726. The van der Waals surface area contributed by atoms with Gasteiger partial charge < -0.3 is 9.47 Å². The molecule has 0 bridgehead atoms. The molecule has 0 fully saturated rings. The summed E-state index contributed by atoms with van der Waals surface area (Å²) in [5.74, 6) is -0.548. The third-order valence-electron chi connectivity index (χ3n) is 1.45. The third kappa shape index (κ3) is 10.5. The van der Waals surface area contributed by atoms with E-state index in [1.807, 2.05) is 0 Å². The van der Waals surface area contributed by atoms with E-state index in [2.05, 4.69) is 11.9 Å². The summed E-state index contributed by atoms with van der Waals surface area (Å²) in [5.41, 5.74) is 0. The summed E-state index contributed by atoms with van der Waals surface area (Å²) in [6, 6.07) is 0. The number of hydrogen-bond acceptors (Lipinski definition) is 5. The first-order valence-electron chi connectivity index (χ1n) is 4.79. The Morgan fingerprint density at radius 3 is 2.87 bits per heavy atom. The SMILES string of the molecule is CCCCOCCOC(=O)/C=C/N=C=O. The lowest BCUT2D eigenvalue weighted by molar-refractivity contribution is -0.139. The van der Waals surface area contributed by atoms with Crippen molar-refractivity contribution in [1.29, 1.82) is 0 Å². The van der Waals surface area contributed by atoms with Crippen LogP contribution in [-0.2, 0) is 19.1 Å². The Morgan fingerprint density at radius 2 is 2.20 bits per heavy atom. The van der Waals surface area contributed by atoms with E-state index in [-0.39, 0.29) is 6.61 Å². The minimum atomic E-state index is -0.548. The van der Waals surface area contributed by atoms with E-state index >= 15 is 0 Å². The van der Waals surface area contributed by atoms with Crippen LogP contribution in [0, 0.1) is 0 Å². The molecule has 84 valence electrons. The second-order valence-electron chi connectivity index (χ2n) is 2.67. The molecule has 0 amide bonds. The number of unbranched alkanes of at least 4 members (excludes halogenated alkanes) is 1. The highest BCUT2D eigenvalue weighted by Gasteiger charge is 1.95. The predicted octanol–water partition coefficient (Wildman–Crippen LogP) is 1.20. The average molecular weight is 213 g/mol. The van der Waals surface area contributed by atoms with Crippen molar-refractivity contribution in [1.82, 2.24) is 0 Å². The van der Waals surface area contributed by atoms with Crippen LogP contribution in [0.4, 0.5) is 0 Å². The van der Waals surface area contributed by atoms with Gasteiger partial charge in [0.05, 0.1) is 6.61 Å². The number of ether oxygens (including phenoxy) is 2. The second kappa shape index (κ2) is 10.6. The number of esters is 1. The Hall–Kier alpha value is -1.45. The van der Waals surface area contributed by atoms with Crippen LogP contribution in [-0.4, -0.2) is 31.9 Å². The largest absolute Gasteiger partial charge is 0.460 e. The molecular formula is C10H15NO4. The van der Waals surface area contributed by atoms with Gasteiger partial charge >= 0.3 is 5.97 Å². The molecule has 0 aromatic heterocycles. The normalized spacial score (nSPS) is 9.93. The summed E-state index contributed by atoms with van der Waals surface area (Å²) in [7, 11) is 0. The van der Waals surface area contributed by atoms with E-state index in [9.17, 15) is 9.59 Å². The third-order valence-corrected chi connectivity index (χ3v) is 1.45. The first-order valence-corrected chi connectivity index (χ1v) is 4.79. The molecule has 5 nitrogen and oxygen atoms in total. The molecule has 0 aromatic rings. The summed E-state index contributed by atoms with van der Waals surface area (Å²) in [5, 5.41) is 0. The number of hydrogen-bond donors (Lipinski definition) is 0. The predicted molar refractivity (Wildman–Crippen MR) is 53.9 cm³/mol. The highest BCUT2D eigenvalue weighted by molar-refractivity contribution is 5.81. The molecule has 0 aliphatic carbocycles. The standard InChI is InChI=1S/C10H15NO4/c1-2-3-6-14-7-8-15-10(13)4-5-11-9-12/h4-5H,2-3,6-8H2,1H3/b5-4+. The van der Waals surface area contributed by atoms with Gasteiger partial charge in [-0.2, -0.15) is 4.99 Å². The van der Waals surface area contributed by atoms with Crippen LogP contribution in [0.3, 0.4) is 0 Å². The van der Waals surface area contributed by atoms with Crippen LogP contribution in [0.1, 0.15) is 19.8 Å². The first-order chi connectivity index (χ1) is 7.31. The van der Waals surface area contributed by atoms with E-state index < -0.39 is 5.97 Å². The van der Waals surface area contributed by atoms with Gasteiger partial charge in [-0.3, -0.25) is 0 Å². The Bertz CT molecular complexity index is 244. The molecule has 15 heavy (non-hydrogen) atoms. The molecule has 0 aliphatic rings. The summed E-state index contributed by atoms with van der Waals surface area (Å²) in [6.07, 6.45) is 5.43. The zero-order chi connectivity index (χ0) is 11.4. The van der Waals surface area contributed by atoms with Crippen LogP contribution in [0.2, 0.25) is 0 Å². The maximum atomic E-state index is 10.9. The highest BCUT2D eigenvalue weighted by atomic mass is 16.6. The lowest BCUT2D eigenvalue weighted by Crippen LogP contribution is -2.08. The molecule has 0 aromatic carbocycles. The number of carbonyl (C=O) groups is 1. The van der Waals surface area contributed by atoms with Crippen molar-refractivity contribution in [3.8, 4) is 0 Å². The topological polar surface area (TPSA) is 65.0 Å². The molecular weight excluding hydrogens is 198 g/mol. The summed E-state index contributed by atoms with van der Waals surface area (Å²) >= 11 is 0. The van der Waals surface area contributed by atoms with Crippen LogP contribution < -0.4 is 0 Å². The van der Waals surface area contributed by atoms with Crippen LogP contribution in [0.5, 0.6) is 0 Å². The minimum absolute atomic E-state index is 0.206. The van der Waals surface area contributed by atoms with Gasteiger partial charge in [-0.15, -0.1) is 0 Å². The van der Waals surface area contributed by atoms with Gasteiger partial charge in [-0.25, -0.2) is 9.59 Å². The van der Waals surface area contributed by atoms with E-state index in [0.29, 0.717) is 13.2 Å². The van der Waals surface area contributed by atoms with Crippen LogP contribution in [0.25, 0.3) is 0 Å². The quantitative estimate of drug-likeness (QED) is 0.200. The van der Waals surface area contributed by atoms with Gasteiger partial charge in [0.1, 0.15) is 6.61 Å². The Morgan fingerprint density at radius 1 is 1.40 bits per heavy atom. The van der Waals surface area contributed by atoms with Gasteiger partial charge in [0.2, 0.25) is 6.08 Å². The molecule has 0 saturated heterocycles. The van der Waals surface area contributed by atoms with Crippen LogP contribution >= 0.6 is 0 Å². The Balaban J connectivity index is 3.35. The van der Waals surface area contributed by atoms with E-state index in [1.54, 1.807) is 0 Å². The summed E-state index contributed by atoms with van der Waals surface area (Å²) < 4.78 is 9.89.